The van der Waals surface area contributed by atoms with Crippen LogP contribution in [0.15, 0.2) is 21.2 Å². The summed E-state index contributed by atoms with van der Waals surface area (Å²) >= 11 is 3.43. The minimum absolute atomic E-state index is 0.0109. The summed E-state index contributed by atoms with van der Waals surface area (Å²) in [5, 5.41) is 0. The summed E-state index contributed by atoms with van der Waals surface area (Å²) in [5.41, 5.74) is 6.14. The molecule has 1 aromatic rings. The van der Waals surface area contributed by atoms with Crippen molar-refractivity contribution in [1.29, 1.82) is 0 Å². The summed E-state index contributed by atoms with van der Waals surface area (Å²) in [6.45, 7) is 1.63. The Bertz CT molecular complexity index is 294. The molecule has 14 heavy (non-hydrogen) atoms. The molecule has 0 aliphatic carbocycles. The number of hydrogen-bond donors (Lipinski definition) is 1. The van der Waals surface area contributed by atoms with E-state index in [2.05, 4.69) is 15.9 Å². The largest absolute Gasteiger partial charge is 0.466 e. The van der Waals surface area contributed by atoms with Gasteiger partial charge in [0, 0.05) is 13.2 Å². The monoisotopic (exact) mass is 259 g/mol. The fourth-order valence-electron chi connectivity index (χ4n) is 1.83. The first-order valence-electron chi connectivity index (χ1n) is 4.85. The molecule has 1 aliphatic heterocycles. The number of hydrogen-bond acceptors (Lipinski definition) is 3. The van der Waals surface area contributed by atoms with E-state index in [1.807, 2.05) is 6.07 Å². The zero-order chi connectivity index (χ0) is 9.97. The minimum atomic E-state index is -0.0109. The second-order valence-corrected chi connectivity index (χ2v) is 4.46. The lowest BCUT2D eigenvalue weighted by molar-refractivity contribution is 0.0559. The summed E-state index contributed by atoms with van der Waals surface area (Å²) in [6, 6.07) is 1.87. The van der Waals surface area contributed by atoms with Crippen LogP contribution in [0.3, 0.4) is 0 Å². The molecule has 2 N–H and O–H groups in total. The quantitative estimate of drug-likeness (QED) is 0.888. The van der Waals surface area contributed by atoms with Crippen LogP contribution in [0.25, 0.3) is 0 Å². The highest BCUT2D eigenvalue weighted by atomic mass is 79.9. The highest BCUT2D eigenvalue weighted by molar-refractivity contribution is 9.10. The predicted octanol–water partition coefficient (Wildman–Crippen LogP) is 2.47. The molecule has 2 rings (SSSR count). The van der Waals surface area contributed by atoms with E-state index < -0.39 is 0 Å². The van der Waals surface area contributed by atoms with E-state index in [4.69, 9.17) is 14.9 Å². The second kappa shape index (κ2) is 4.47. The molecule has 0 saturated carbocycles. The molecule has 0 bridgehead atoms. The Labute approximate surface area is 91.7 Å². The zero-order valence-electron chi connectivity index (χ0n) is 7.91. The van der Waals surface area contributed by atoms with E-state index in [1.54, 1.807) is 6.26 Å². The number of furan rings is 1. The van der Waals surface area contributed by atoms with E-state index in [0.29, 0.717) is 5.92 Å². The predicted molar refractivity (Wildman–Crippen MR) is 56.9 cm³/mol. The van der Waals surface area contributed by atoms with Crippen molar-refractivity contribution in [2.24, 2.45) is 11.7 Å². The van der Waals surface area contributed by atoms with Gasteiger partial charge in [-0.1, -0.05) is 0 Å². The van der Waals surface area contributed by atoms with Gasteiger partial charge in [0.25, 0.3) is 0 Å². The third-order valence-corrected chi connectivity index (χ3v) is 3.38. The highest BCUT2D eigenvalue weighted by Crippen LogP contribution is 2.32. The van der Waals surface area contributed by atoms with Crippen LogP contribution >= 0.6 is 15.9 Å². The smallest absolute Gasteiger partial charge is 0.134 e. The van der Waals surface area contributed by atoms with Crippen LogP contribution in [-0.2, 0) is 4.74 Å². The van der Waals surface area contributed by atoms with E-state index in [9.17, 15) is 0 Å². The standard InChI is InChI=1S/C10H14BrNO2/c11-8-3-6-14-10(8)9(12)7-1-4-13-5-2-7/h3,6-7,9H,1-2,4-5,12H2. The van der Waals surface area contributed by atoms with Gasteiger partial charge in [0.15, 0.2) is 0 Å². The first-order valence-corrected chi connectivity index (χ1v) is 5.64. The molecule has 78 valence electrons. The Hall–Kier alpha value is -0.320. The van der Waals surface area contributed by atoms with Crippen molar-refractivity contribution < 1.29 is 9.15 Å². The van der Waals surface area contributed by atoms with Crippen LogP contribution in [0.2, 0.25) is 0 Å². The number of halogens is 1. The minimum Gasteiger partial charge on any atom is -0.466 e. The van der Waals surface area contributed by atoms with Gasteiger partial charge in [0.05, 0.1) is 16.8 Å². The van der Waals surface area contributed by atoms with Crippen molar-refractivity contribution in [3.05, 3.63) is 22.6 Å². The van der Waals surface area contributed by atoms with Gasteiger partial charge in [-0.2, -0.15) is 0 Å². The first-order chi connectivity index (χ1) is 6.79. The summed E-state index contributed by atoms with van der Waals surface area (Å²) in [4.78, 5) is 0. The van der Waals surface area contributed by atoms with Crippen molar-refractivity contribution in [2.45, 2.75) is 18.9 Å². The molecule has 1 atom stereocenters. The fourth-order valence-corrected chi connectivity index (χ4v) is 2.30. The fraction of sp³-hybridized carbons (Fsp3) is 0.600. The van der Waals surface area contributed by atoms with Crippen LogP contribution in [0.4, 0.5) is 0 Å². The summed E-state index contributed by atoms with van der Waals surface area (Å²) in [7, 11) is 0. The third-order valence-electron chi connectivity index (χ3n) is 2.72. The van der Waals surface area contributed by atoms with E-state index in [0.717, 1.165) is 36.3 Å². The Morgan fingerprint density at radius 1 is 1.43 bits per heavy atom. The normalized spacial score (nSPS) is 21.0. The van der Waals surface area contributed by atoms with Crippen molar-refractivity contribution in [2.75, 3.05) is 13.2 Å². The maximum absolute atomic E-state index is 6.14. The lowest BCUT2D eigenvalue weighted by Crippen LogP contribution is -2.27. The molecule has 1 aromatic heterocycles. The van der Waals surface area contributed by atoms with Crippen molar-refractivity contribution in [1.82, 2.24) is 0 Å². The molecule has 3 nitrogen and oxygen atoms in total. The van der Waals surface area contributed by atoms with Gasteiger partial charge in [-0.25, -0.2) is 0 Å². The number of rotatable bonds is 2. The molecule has 0 spiro atoms. The molecule has 1 saturated heterocycles. The SMILES string of the molecule is NC(c1occc1Br)C1CCOCC1. The van der Waals surface area contributed by atoms with Gasteiger partial charge < -0.3 is 14.9 Å². The average molecular weight is 260 g/mol. The molecule has 1 fully saturated rings. The molecule has 0 aromatic carbocycles. The topological polar surface area (TPSA) is 48.4 Å². The van der Waals surface area contributed by atoms with Gasteiger partial charge >= 0.3 is 0 Å². The van der Waals surface area contributed by atoms with Crippen molar-refractivity contribution in [3.63, 3.8) is 0 Å². The first kappa shape index (κ1) is 10.2. The van der Waals surface area contributed by atoms with Crippen molar-refractivity contribution >= 4 is 15.9 Å². The van der Waals surface area contributed by atoms with Crippen LogP contribution < -0.4 is 5.73 Å². The second-order valence-electron chi connectivity index (χ2n) is 3.61. The molecule has 0 amide bonds. The molecule has 0 radical (unpaired) electrons. The van der Waals surface area contributed by atoms with Gasteiger partial charge in [-0.05, 0) is 40.8 Å². The van der Waals surface area contributed by atoms with E-state index in [1.165, 1.54) is 0 Å². The Kier molecular flexibility index (Phi) is 3.26. The summed E-state index contributed by atoms with van der Waals surface area (Å²) < 4.78 is 11.6. The summed E-state index contributed by atoms with van der Waals surface area (Å²) in [5.74, 6) is 1.34. The van der Waals surface area contributed by atoms with E-state index in [-0.39, 0.29) is 6.04 Å². The molecular formula is C10H14BrNO2. The highest BCUT2D eigenvalue weighted by Gasteiger charge is 2.25. The van der Waals surface area contributed by atoms with Gasteiger partial charge in [-0.3, -0.25) is 0 Å². The Morgan fingerprint density at radius 3 is 2.71 bits per heavy atom. The van der Waals surface area contributed by atoms with Crippen LogP contribution in [0, 0.1) is 5.92 Å². The Balaban J connectivity index is 2.07. The maximum atomic E-state index is 6.14. The third kappa shape index (κ3) is 2.02. The van der Waals surface area contributed by atoms with Gasteiger partial charge in [0.2, 0.25) is 0 Å². The molecule has 4 heteroatoms. The zero-order valence-corrected chi connectivity index (χ0v) is 9.50. The lowest BCUT2D eigenvalue weighted by Gasteiger charge is -2.26. The lowest BCUT2D eigenvalue weighted by atomic mass is 9.91. The number of ether oxygens (including phenoxy) is 1. The van der Waals surface area contributed by atoms with Gasteiger partial charge in [0.1, 0.15) is 5.76 Å². The van der Waals surface area contributed by atoms with Crippen LogP contribution in [-0.4, -0.2) is 13.2 Å². The van der Waals surface area contributed by atoms with Crippen LogP contribution in [0.1, 0.15) is 24.6 Å². The van der Waals surface area contributed by atoms with Crippen LogP contribution in [0.5, 0.6) is 0 Å². The van der Waals surface area contributed by atoms with E-state index >= 15 is 0 Å². The molecule has 1 aliphatic rings. The Morgan fingerprint density at radius 2 is 2.14 bits per heavy atom. The molecule has 2 heterocycles. The molecular weight excluding hydrogens is 246 g/mol. The van der Waals surface area contributed by atoms with Crippen molar-refractivity contribution in [3.8, 4) is 0 Å². The summed E-state index contributed by atoms with van der Waals surface area (Å²) in [6.07, 6.45) is 3.71. The molecule has 1 unspecified atom stereocenters. The van der Waals surface area contributed by atoms with Gasteiger partial charge in [-0.15, -0.1) is 0 Å². The average Bonchev–Trinajstić information content (AvgIpc) is 2.65. The maximum Gasteiger partial charge on any atom is 0.134 e. The number of nitrogens with two attached hydrogens (primary N) is 1.